The fourth-order valence-electron chi connectivity index (χ4n) is 0. The Morgan fingerprint density at radius 1 is 0.412 bits per heavy atom. The molecule has 17 heteroatoms. The van der Waals surface area contributed by atoms with Crippen molar-refractivity contribution >= 4 is 31.2 Å². The zero-order valence-electron chi connectivity index (χ0n) is 6.79. The quantitative estimate of drug-likeness (QED) is 0.276. The van der Waals surface area contributed by atoms with E-state index in [0.717, 1.165) is 0 Å². The van der Waals surface area contributed by atoms with Crippen molar-refractivity contribution < 1.29 is 86.1 Å². The van der Waals surface area contributed by atoms with Crippen LogP contribution < -0.4 is 0 Å². The van der Waals surface area contributed by atoms with Crippen LogP contribution in [0.15, 0.2) is 0 Å². The molecule has 110 valence electrons. The first-order chi connectivity index (χ1) is 6.00. The van der Waals surface area contributed by atoms with Gasteiger partial charge in [-0.25, -0.2) is 0 Å². The number of rotatable bonds is 0. The second kappa shape index (κ2) is 11.7. The molecule has 0 aromatic heterocycles. The van der Waals surface area contributed by atoms with E-state index in [1.165, 1.54) is 0 Å². The summed E-state index contributed by atoms with van der Waals surface area (Å²) in [5.74, 6) is 0. The molecule has 0 atom stereocenters. The summed E-state index contributed by atoms with van der Waals surface area (Å²) in [5.41, 5.74) is 0. The van der Waals surface area contributed by atoms with Crippen molar-refractivity contribution in [1.29, 1.82) is 0 Å². The van der Waals surface area contributed by atoms with E-state index < -0.39 is 31.2 Å². The van der Waals surface area contributed by atoms with Gasteiger partial charge in [-0.3, -0.25) is 25.3 Å². The molecule has 0 aliphatic rings. The van der Waals surface area contributed by atoms with E-state index >= 15 is 0 Å². The Morgan fingerprint density at radius 3 is 0.412 bits per heavy atom. The Bertz CT molecular complexity index is 341. The summed E-state index contributed by atoms with van der Waals surface area (Å²) >= 11 is 0. The molecular formula is Co2O12S3-2. The van der Waals surface area contributed by atoms with Crippen LogP contribution in [0.5, 0.6) is 0 Å². The van der Waals surface area contributed by atoms with Gasteiger partial charge < -0.3 is 27.3 Å². The van der Waals surface area contributed by atoms with Crippen LogP contribution in [0.4, 0.5) is 0 Å². The number of hydrogen-bond donors (Lipinski definition) is 0. The SMILES string of the molecule is O=S(=O)([O-])[O-].O=S(=O)([O-])[O-].O=S(=O)([O-])[O-].[Co+2].[Co+2]. The predicted molar refractivity (Wildman–Crippen MR) is 31.4 cm³/mol. The first-order valence-electron chi connectivity index (χ1n) is 2.00. The third kappa shape index (κ3) is 9160. The molecule has 0 spiro atoms. The fraction of sp³-hybridized carbons (Fsp3) is 0. The maximum Gasteiger partial charge on any atom is 2.00 e. The van der Waals surface area contributed by atoms with E-state index in [4.69, 9.17) is 52.6 Å². The normalized spacial score (nSPS) is 10.2. The topological polar surface area (TPSA) is 241 Å². The van der Waals surface area contributed by atoms with E-state index in [0.29, 0.717) is 0 Å². The zero-order chi connectivity index (χ0) is 13.5. The third-order valence-electron chi connectivity index (χ3n) is 0. The van der Waals surface area contributed by atoms with Gasteiger partial charge in [0.15, 0.2) is 0 Å². The molecular weight excluding hydrogens is 406 g/mol. The fourth-order valence-corrected chi connectivity index (χ4v) is 0. The van der Waals surface area contributed by atoms with Gasteiger partial charge in [-0.2, -0.15) is 0 Å². The van der Waals surface area contributed by atoms with Crippen LogP contribution in [0.2, 0.25) is 0 Å². The molecule has 12 nitrogen and oxygen atoms in total. The van der Waals surface area contributed by atoms with E-state index in [-0.39, 0.29) is 33.6 Å². The molecule has 2 radical (unpaired) electrons. The average molecular weight is 406 g/mol. The van der Waals surface area contributed by atoms with Crippen LogP contribution in [0.25, 0.3) is 0 Å². The second-order valence-corrected chi connectivity index (χ2v) is 3.67. The molecule has 0 aliphatic heterocycles. The van der Waals surface area contributed by atoms with Gasteiger partial charge in [0.1, 0.15) is 0 Å². The average Bonchev–Trinajstić information content (AvgIpc) is 1.41. The van der Waals surface area contributed by atoms with Gasteiger partial charge in [0.05, 0.1) is 0 Å². The van der Waals surface area contributed by atoms with Crippen molar-refractivity contribution in [3.05, 3.63) is 0 Å². The van der Waals surface area contributed by atoms with Crippen molar-refractivity contribution in [2.75, 3.05) is 0 Å². The van der Waals surface area contributed by atoms with Crippen LogP contribution >= 0.6 is 0 Å². The predicted octanol–water partition coefficient (Wildman–Crippen LogP) is -4.02. The monoisotopic (exact) mass is 406 g/mol. The molecule has 0 fully saturated rings. The van der Waals surface area contributed by atoms with Crippen molar-refractivity contribution in [1.82, 2.24) is 0 Å². The van der Waals surface area contributed by atoms with Crippen LogP contribution in [0, 0.1) is 0 Å². The second-order valence-electron chi connectivity index (χ2n) is 1.22. The summed E-state index contributed by atoms with van der Waals surface area (Å²) in [7, 11) is -15.5. The Balaban J connectivity index is -0.0000000400. The first kappa shape index (κ1) is 30.6. The summed E-state index contributed by atoms with van der Waals surface area (Å²) in [4.78, 5) is 0. The van der Waals surface area contributed by atoms with Gasteiger partial charge in [0, 0.05) is 31.2 Å². The van der Waals surface area contributed by atoms with E-state index in [2.05, 4.69) is 0 Å². The molecule has 0 aromatic carbocycles. The van der Waals surface area contributed by atoms with E-state index in [1.54, 1.807) is 0 Å². The maximum atomic E-state index is 8.52. The van der Waals surface area contributed by atoms with Gasteiger partial charge in [0.25, 0.3) is 0 Å². The molecule has 0 aliphatic carbocycles. The molecule has 0 heterocycles. The van der Waals surface area contributed by atoms with Crippen molar-refractivity contribution in [3.8, 4) is 0 Å². The molecule has 0 saturated carbocycles. The van der Waals surface area contributed by atoms with Crippen LogP contribution in [-0.4, -0.2) is 52.6 Å². The Labute approximate surface area is 117 Å². The van der Waals surface area contributed by atoms with E-state index in [9.17, 15) is 0 Å². The van der Waals surface area contributed by atoms with Gasteiger partial charge in [-0.05, 0) is 0 Å². The molecule has 0 N–H and O–H groups in total. The van der Waals surface area contributed by atoms with Crippen molar-refractivity contribution in [2.24, 2.45) is 0 Å². The van der Waals surface area contributed by atoms with Crippen LogP contribution in [0.3, 0.4) is 0 Å². The minimum Gasteiger partial charge on any atom is -0.759 e. The van der Waals surface area contributed by atoms with Gasteiger partial charge in [0.2, 0.25) is 0 Å². The van der Waals surface area contributed by atoms with Gasteiger partial charge >= 0.3 is 33.6 Å². The summed E-state index contributed by atoms with van der Waals surface area (Å²) < 4.78 is 102. The Kier molecular flexibility index (Phi) is 21.0. The first-order valence-corrected chi connectivity index (χ1v) is 6.00. The third-order valence-corrected chi connectivity index (χ3v) is 0. The van der Waals surface area contributed by atoms with Crippen molar-refractivity contribution in [3.63, 3.8) is 0 Å². The minimum absolute atomic E-state index is 0. The molecule has 0 aromatic rings. The summed E-state index contributed by atoms with van der Waals surface area (Å²) in [6.45, 7) is 0. The molecule has 0 amide bonds. The largest absolute Gasteiger partial charge is 2.00 e. The van der Waals surface area contributed by atoms with Gasteiger partial charge in [-0.15, -0.1) is 0 Å². The summed E-state index contributed by atoms with van der Waals surface area (Å²) in [6, 6.07) is 0. The van der Waals surface area contributed by atoms with Crippen molar-refractivity contribution in [2.45, 2.75) is 0 Å². The van der Waals surface area contributed by atoms with E-state index in [1.807, 2.05) is 0 Å². The smallest absolute Gasteiger partial charge is 0.759 e. The Hall–Kier alpha value is 0.623. The molecule has 0 unspecified atom stereocenters. The molecule has 0 saturated heterocycles. The maximum absolute atomic E-state index is 8.52. The zero-order valence-corrected chi connectivity index (χ0v) is 11.3. The number of hydrogen-bond acceptors (Lipinski definition) is 12. The standard InChI is InChI=1S/2Co.3H2O4S/c;;3*1-5(2,3)4/h;;3*(H2,1,2,3,4)/q2*+2;;;/p-6. The Morgan fingerprint density at radius 2 is 0.412 bits per heavy atom. The summed E-state index contributed by atoms with van der Waals surface area (Å²) in [6.07, 6.45) is 0. The van der Waals surface area contributed by atoms with Crippen LogP contribution in [0.1, 0.15) is 0 Å². The molecule has 17 heavy (non-hydrogen) atoms. The summed E-state index contributed by atoms with van der Waals surface area (Å²) in [5, 5.41) is 0. The molecule has 0 rings (SSSR count). The minimum atomic E-state index is -5.17. The molecule has 0 bridgehead atoms. The van der Waals surface area contributed by atoms with Gasteiger partial charge in [-0.1, -0.05) is 0 Å². The van der Waals surface area contributed by atoms with Crippen LogP contribution in [-0.2, 0) is 64.8 Å².